The van der Waals surface area contributed by atoms with Gasteiger partial charge in [0.05, 0.1) is 0 Å². The summed E-state index contributed by atoms with van der Waals surface area (Å²) in [6.07, 6.45) is 7.10. The topological polar surface area (TPSA) is 24.5 Å². The minimum atomic E-state index is 0.844. The van der Waals surface area contributed by atoms with Crippen molar-refractivity contribution in [2.75, 3.05) is 45.9 Å². The van der Waals surface area contributed by atoms with Crippen molar-refractivity contribution in [2.45, 2.75) is 39.0 Å². The molecule has 3 heteroatoms. The van der Waals surface area contributed by atoms with E-state index in [0.717, 1.165) is 44.6 Å². The van der Waals surface area contributed by atoms with Crippen molar-refractivity contribution in [1.29, 1.82) is 0 Å². The van der Waals surface area contributed by atoms with Crippen molar-refractivity contribution in [1.82, 2.24) is 10.2 Å². The molecule has 2 rings (SSSR count). The molecular formula is C15H30N2O. The van der Waals surface area contributed by atoms with Crippen molar-refractivity contribution in [3.05, 3.63) is 0 Å². The van der Waals surface area contributed by atoms with E-state index in [1.807, 2.05) is 0 Å². The average Bonchev–Trinajstić information content (AvgIpc) is 2.37. The summed E-state index contributed by atoms with van der Waals surface area (Å²) in [5.41, 5.74) is 0. The van der Waals surface area contributed by atoms with Crippen molar-refractivity contribution in [2.24, 2.45) is 11.8 Å². The number of hydrogen-bond acceptors (Lipinski definition) is 3. The lowest BCUT2D eigenvalue weighted by molar-refractivity contribution is 0.0867. The van der Waals surface area contributed by atoms with Crippen LogP contribution in [0, 0.1) is 11.8 Å². The van der Waals surface area contributed by atoms with Crippen molar-refractivity contribution in [3.8, 4) is 0 Å². The molecule has 18 heavy (non-hydrogen) atoms. The van der Waals surface area contributed by atoms with E-state index in [4.69, 9.17) is 4.74 Å². The molecule has 0 aromatic heterocycles. The SMILES string of the molecule is CCOCCCNCCN1CC2CCCC(C2)C1. The number of hydrogen-bond donors (Lipinski definition) is 1. The first-order valence-electron chi connectivity index (χ1n) is 7.89. The molecule has 2 bridgehead atoms. The minimum Gasteiger partial charge on any atom is -0.382 e. The van der Waals surface area contributed by atoms with Gasteiger partial charge in [0.1, 0.15) is 0 Å². The molecule has 1 heterocycles. The Hall–Kier alpha value is -0.120. The number of rotatable bonds is 8. The summed E-state index contributed by atoms with van der Waals surface area (Å²) in [5, 5.41) is 3.54. The quantitative estimate of drug-likeness (QED) is 0.672. The van der Waals surface area contributed by atoms with Crippen molar-refractivity contribution in [3.63, 3.8) is 0 Å². The smallest absolute Gasteiger partial charge is 0.0477 e. The number of nitrogens with zero attached hydrogens (tertiary/aromatic N) is 1. The lowest BCUT2D eigenvalue weighted by atomic mass is 9.78. The number of ether oxygens (including phenoxy) is 1. The van der Waals surface area contributed by atoms with Crippen molar-refractivity contribution < 1.29 is 4.74 Å². The number of fused-ring (bicyclic) bond motifs is 2. The molecule has 0 radical (unpaired) electrons. The highest BCUT2D eigenvalue weighted by Crippen LogP contribution is 2.33. The van der Waals surface area contributed by atoms with E-state index in [1.165, 1.54) is 45.3 Å². The zero-order chi connectivity index (χ0) is 12.6. The molecule has 106 valence electrons. The standard InChI is InChI=1S/C15H30N2O/c1-2-18-10-4-7-16-8-9-17-12-14-5-3-6-15(11-14)13-17/h14-16H,2-13H2,1H3. The van der Waals surface area contributed by atoms with E-state index in [0.29, 0.717) is 0 Å². The molecule has 1 aliphatic carbocycles. The van der Waals surface area contributed by atoms with Gasteiger partial charge in [0.25, 0.3) is 0 Å². The number of likely N-dealkylation sites (tertiary alicyclic amines) is 1. The third-order valence-corrected chi connectivity index (χ3v) is 4.38. The van der Waals surface area contributed by atoms with Crippen LogP contribution in [-0.2, 0) is 4.74 Å². The van der Waals surface area contributed by atoms with Crippen LogP contribution in [0.2, 0.25) is 0 Å². The highest BCUT2D eigenvalue weighted by Gasteiger charge is 2.29. The molecule has 0 amide bonds. The Morgan fingerprint density at radius 1 is 1.17 bits per heavy atom. The Bertz CT molecular complexity index is 211. The first-order valence-corrected chi connectivity index (χ1v) is 7.89. The Morgan fingerprint density at radius 3 is 2.67 bits per heavy atom. The largest absolute Gasteiger partial charge is 0.382 e. The molecule has 3 nitrogen and oxygen atoms in total. The fourth-order valence-electron chi connectivity index (χ4n) is 3.53. The average molecular weight is 254 g/mol. The Labute approximate surface area is 112 Å². The van der Waals surface area contributed by atoms with Crippen LogP contribution in [0.25, 0.3) is 0 Å². The molecule has 1 aliphatic heterocycles. The summed E-state index contributed by atoms with van der Waals surface area (Å²) in [6, 6.07) is 0. The van der Waals surface area contributed by atoms with Crippen LogP contribution in [0.3, 0.4) is 0 Å². The first-order chi connectivity index (χ1) is 8.88. The van der Waals surface area contributed by atoms with Gasteiger partial charge in [-0.25, -0.2) is 0 Å². The van der Waals surface area contributed by atoms with E-state index in [2.05, 4.69) is 17.1 Å². The van der Waals surface area contributed by atoms with Gasteiger partial charge in [-0.05, 0) is 51.0 Å². The highest BCUT2D eigenvalue weighted by molar-refractivity contribution is 4.83. The lowest BCUT2D eigenvalue weighted by Crippen LogP contribution is -2.45. The monoisotopic (exact) mass is 254 g/mol. The van der Waals surface area contributed by atoms with Gasteiger partial charge in [-0.15, -0.1) is 0 Å². The van der Waals surface area contributed by atoms with Gasteiger partial charge >= 0.3 is 0 Å². The predicted molar refractivity (Wildman–Crippen MR) is 75.9 cm³/mol. The summed E-state index contributed by atoms with van der Waals surface area (Å²) in [4.78, 5) is 2.69. The number of piperidine rings is 1. The summed E-state index contributed by atoms with van der Waals surface area (Å²) in [7, 11) is 0. The minimum absolute atomic E-state index is 0.844. The molecule has 1 saturated heterocycles. The van der Waals surface area contributed by atoms with Crippen LogP contribution >= 0.6 is 0 Å². The summed E-state index contributed by atoms with van der Waals surface area (Å²) in [6.45, 7) is 10.00. The van der Waals surface area contributed by atoms with E-state index < -0.39 is 0 Å². The second-order valence-corrected chi connectivity index (χ2v) is 5.96. The van der Waals surface area contributed by atoms with Gasteiger partial charge in [-0.1, -0.05) is 6.42 Å². The molecule has 1 N–H and O–H groups in total. The molecule has 0 spiro atoms. The maximum Gasteiger partial charge on any atom is 0.0477 e. The zero-order valence-electron chi connectivity index (χ0n) is 12.0. The second-order valence-electron chi connectivity index (χ2n) is 5.96. The Kier molecular flexibility index (Phi) is 6.46. The molecule has 2 unspecified atom stereocenters. The fourth-order valence-corrected chi connectivity index (χ4v) is 3.53. The van der Waals surface area contributed by atoms with E-state index in [9.17, 15) is 0 Å². The van der Waals surface area contributed by atoms with Crippen LogP contribution in [0.15, 0.2) is 0 Å². The van der Waals surface area contributed by atoms with Crippen LogP contribution in [0.4, 0.5) is 0 Å². The molecule has 0 aromatic rings. The van der Waals surface area contributed by atoms with Gasteiger partial charge in [-0.2, -0.15) is 0 Å². The molecule has 2 atom stereocenters. The Balaban J connectivity index is 1.49. The maximum atomic E-state index is 5.33. The fraction of sp³-hybridized carbons (Fsp3) is 1.00. The van der Waals surface area contributed by atoms with Gasteiger partial charge < -0.3 is 15.0 Å². The number of nitrogens with one attached hydrogen (secondary N) is 1. The molecule has 2 fully saturated rings. The summed E-state index contributed by atoms with van der Waals surface area (Å²) in [5.74, 6) is 2.02. The Morgan fingerprint density at radius 2 is 1.94 bits per heavy atom. The molecule has 0 aromatic carbocycles. The van der Waals surface area contributed by atoms with Gasteiger partial charge in [0.2, 0.25) is 0 Å². The van der Waals surface area contributed by atoms with E-state index in [1.54, 1.807) is 0 Å². The van der Waals surface area contributed by atoms with Gasteiger partial charge in [0, 0.05) is 39.4 Å². The van der Waals surface area contributed by atoms with Crippen LogP contribution in [0.1, 0.15) is 39.0 Å². The van der Waals surface area contributed by atoms with Crippen LogP contribution in [0.5, 0.6) is 0 Å². The summed E-state index contributed by atoms with van der Waals surface area (Å²) >= 11 is 0. The second kappa shape index (κ2) is 8.13. The van der Waals surface area contributed by atoms with Gasteiger partial charge in [-0.3, -0.25) is 0 Å². The normalized spacial score (nSPS) is 28.5. The highest BCUT2D eigenvalue weighted by atomic mass is 16.5. The van der Waals surface area contributed by atoms with Gasteiger partial charge in [0.15, 0.2) is 0 Å². The van der Waals surface area contributed by atoms with Crippen LogP contribution in [-0.4, -0.2) is 50.8 Å². The molecular weight excluding hydrogens is 224 g/mol. The van der Waals surface area contributed by atoms with E-state index >= 15 is 0 Å². The molecule has 1 saturated carbocycles. The van der Waals surface area contributed by atoms with Crippen LogP contribution < -0.4 is 5.32 Å². The third kappa shape index (κ3) is 4.87. The molecule has 2 aliphatic rings. The first kappa shape index (κ1) is 14.3. The summed E-state index contributed by atoms with van der Waals surface area (Å²) < 4.78 is 5.33. The lowest BCUT2D eigenvalue weighted by Gasteiger charge is -2.41. The predicted octanol–water partition coefficient (Wildman–Crippen LogP) is 2.12. The zero-order valence-corrected chi connectivity index (χ0v) is 12.0. The third-order valence-electron chi connectivity index (χ3n) is 4.38. The van der Waals surface area contributed by atoms with E-state index in [-0.39, 0.29) is 0 Å². The maximum absolute atomic E-state index is 5.33. The van der Waals surface area contributed by atoms with Crippen molar-refractivity contribution >= 4 is 0 Å².